The van der Waals surface area contributed by atoms with Crippen LogP contribution in [-0.2, 0) is 27.8 Å². The first-order valence-corrected chi connectivity index (χ1v) is 13.9. The molecule has 2 aromatic rings. The maximum atomic E-state index is 12.8. The fraction of sp³-hybridized carbons (Fsp3) is 0.600. The van der Waals surface area contributed by atoms with Crippen LogP contribution in [0.1, 0.15) is 106 Å². The number of esters is 1. The molecule has 0 saturated carbocycles. The Balaban J connectivity index is 2.37. The highest BCUT2D eigenvalue weighted by atomic mass is 32.1. The van der Waals surface area contributed by atoms with Gasteiger partial charge in [0.15, 0.2) is 0 Å². The zero-order valence-electron chi connectivity index (χ0n) is 23.6. The maximum Gasteiger partial charge on any atom is 0.328 e. The molecule has 36 heavy (non-hydrogen) atoms. The van der Waals surface area contributed by atoms with Crippen LogP contribution in [0.3, 0.4) is 0 Å². The Morgan fingerprint density at radius 1 is 1.03 bits per heavy atom. The molecule has 1 amide bonds. The number of rotatable bonds is 11. The highest BCUT2D eigenvalue weighted by Gasteiger charge is 2.36. The molecule has 6 heteroatoms. The molecule has 1 aromatic carbocycles. The van der Waals surface area contributed by atoms with Crippen LogP contribution in [0, 0.1) is 5.41 Å². The first-order chi connectivity index (χ1) is 16.8. The molecule has 5 nitrogen and oxygen atoms in total. The number of benzene rings is 1. The van der Waals surface area contributed by atoms with E-state index in [1.165, 1.54) is 35.1 Å². The number of nitrogens with one attached hydrogen (secondary N) is 1. The molecule has 1 unspecified atom stereocenters. The topological polar surface area (TPSA) is 75.6 Å². The van der Waals surface area contributed by atoms with E-state index < -0.39 is 17.6 Å². The molecule has 0 spiro atoms. The summed E-state index contributed by atoms with van der Waals surface area (Å²) in [6.45, 7) is 16.4. The standard InChI is InChI=1S/C30H45NO4S/c1-10-21-19-23(14-13-22(21)17-18-29(8,34)28(5,6)7)30(11-2,12-3)25-16-15-24(36-25)26(32)31-20(4)27(33)35-9/h13-16,19-20,34H,10-12,17-18H2,1-9H3,(H,31,32)/t20-,29?/m0/s1. The monoisotopic (exact) mass is 515 g/mol. The molecule has 2 rings (SSSR count). The summed E-state index contributed by atoms with van der Waals surface area (Å²) in [5, 5.41) is 13.7. The van der Waals surface area contributed by atoms with E-state index >= 15 is 0 Å². The number of carbonyl (C=O) groups excluding carboxylic acids is 2. The molecular formula is C30H45NO4S. The molecule has 0 radical (unpaired) electrons. The van der Waals surface area contributed by atoms with Crippen LogP contribution >= 0.6 is 11.3 Å². The Labute approximate surface area is 221 Å². The van der Waals surface area contributed by atoms with Gasteiger partial charge in [-0.2, -0.15) is 0 Å². The fourth-order valence-electron chi connectivity index (χ4n) is 4.62. The molecule has 0 saturated heterocycles. The zero-order chi connectivity index (χ0) is 27.3. The van der Waals surface area contributed by atoms with Crippen LogP contribution in [0.4, 0.5) is 0 Å². The summed E-state index contributed by atoms with van der Waals surface area (Å²) in [4.78, 5) is 26.2. The van der Waals surface area contributed by atoms with E-state index in [1.807, 2.05) is 13.0 Å². The van der Waals surface area contributed by atoms with Crippen LogP contribution in [0.25, 0.3) is 0 Å². The Bertz CT molecular complexity index is 1040. The van der Waals surface area contributed by atoms with Gasteiger partial charge in [0.05, 0.1) is 17.6 Å². The van der Waals surface area contributed by atoms with Gasteiger partial charge in [-0.05, 0) is 80.2 Å². The second-order valence-electron chi connectivity index (χ2n) is 11.0. The number of thiophene rings is 1. The number of carbonyl (C=O) groups is 2. The van der Waals surface area contributed by atoms with Gasteiger partial charge < -0.3 is 15.2 Å². The summed E-state index contributed by atoms with van der Waals surface area (Å²) in [5.74, 6) is -0.728. The van der Waals surface area contributed by atoms with E-state index in [0.29, 0.717) is 11.3 Å². The van der Waals surface area contributed by atoms with Crippen molar-refractivity contribution in [2.75, 3.05) is 7.11 Å². The fourth-order valence-corrected chi connectivity index (χ4v) is 5.88. The number of amides is 1. The number of hydrogen-bond donors (Lipinski definition) is 2. The van der Waals surface area contributed by atoms with Crippen molar-refractivity contribution in [2.24, 2.45) is 5.41 Å². The molecule has 0 aliphatic rings. The summed E-state index contributed by atoms with van der Waals surface area (Å²) in [6, 6.07) is 9.98. The first kappa shape index (κ1) is 30.0. The molecular weight excluding hydrogens is 470 g/mol. The lowest BCUT2D eigenvalue weighted by molar-refractivity contribution is -0.142. The Morgan fingerprint density at radius 2 is 1.67 bits per heavy atom. The molecule has 0 bridgehead atoms. The minimum absolute atomic E-state index is 0.184. The van der Waals surface area contributed by atoms with Gasteiger partial charge in [-0.1, -0.05) is 59.7 Å². The Morgan fingerprint density at radius 3 is 2.19 bits per heavy atom. The van der Waals surface area contributed by atoms with Gasteiger partial charge in [0.1, 0.15) is 6.04 Å². The zero-order valence-corrected chi connectivity index (χ0v) is 24.4. The highest BCUT2D eigenvalue weighted by Crippen LogP contribution is 2.43. The van der Waals surface area contributed by atoms with Crippen molar-refractivity contribution in [3.05, 3.63) is 56.8 Å². The maximum absolute atomic E-state index is 12.8. The van der Waals surface area contributed by atoms with Gasteiger partial charge >= 0.3 is 5.97 Å². The third-order valence-electron chi connectivity index (χ3n) is 8.05. The lowest BCUT2D eigenvalue weighted by atomic mass is 9.72. The van der Waals surface area contributed by atoms with Crippen LogP contribution in [0.2, 0.25) is 0 Å². The first-order valence-electron chi connectivity index (χ1n) is 13.1. The number of hydrogen-bond acceptors (Lipinski definition) is 5. The van der Waals surface area contributed by atoms with Crippen LogP contribution in [0.5, 0.6) is 0 Å². The Hall–Kier alpha value is -2.18. The second kappa shape index (κ2) is 11.9. The minimum Gasteiger partial charge on any atom is -0.467 e. The minimum atomic E-state index is -0.743. The molecule has 0 aliphatic carbocycles. The van der Waals surface area contributed by atoms with Crippen molar-refractivity contribution in [3.8, 4) is 0 Å². The third kappa shape index (κ3) is 6.38. The van der Waals surface area contributed by atoms with E-state index in [4.69, 9.17) is 4.74 Å². The van der Waals surface area contributed by atoms with Gasteiger partial charge in [-0.25, -0.2) is 4.79 Å². The highest BCUT2D eigenvalue weighted by molar-refractivity contribution is 7.14. The van der Waals surface area contributed by atoms with E-state index in [-0.39, 0.29) is 16.7 Å². The van der Waals surface area contributed by atoms with E-state index in [0.717, 1.165) is 30.6 Å². The van der Waals surface area contributed by atoms with E-state index in [1.54, 1.807) is 6.92 Å². The van der Waals surface area contributed by atoms with Crippen molar-refractivity contribution in [1.82, 2.24) is 5.32 Å². The summed E-state index contributed by atoms with van der Waals surface area (Å²) in [6.07, 6.45) is 4.28. The second-order valence-corrected chi connectivity index (χ2v) is 12.1. The lowest BCUT2D eigenvalue weighted by Crippen LogP contribution is -2.40. The van der Waals surface area contributed by atoms with Crippen molar-refractivity contribution in [2.45, 2.75) is 105 Å². The lowest BCUT2D eigenvalue weighted by Gasteiger charge is -2.37. The van der Waals surface area contributed by atoms with Crippen molar-refractivity contribution in [3.63, 3.8) is 0 Å². The number of aryl methyl sites for hydroxylation is 2. The van der Waals surface area contributed by atoms with Crippen LogP contribution in [0.15, 0.2) is 30.3 Å². The van der Waals surface area contributed by atoms with Crippen LogP contribution < -0.4 is 5.32 Å². The molecule has 1 aromatic heterocycles. The SMILES string of the molecule is CCc1cc(C(CC)(CC)c2ccc(C(=O)N[C@@H](C)C(=O)OC)s2)ccc1CCC(C)(O)C(C)(C)C. The average molecular weight is 516 g/mol. The summed E-state index contributed by atoms with van der Waals surface area (Å²) in [7, 11) is 1.31. The smallest absolute Gasteiger partial charge is 0.328 e. The predicted molar refractivity (Wildman–Crippen MR) is 149 cm³/mol. The van der Waals surface area contributed by atoms with Gasteiger partial charge in [-0.15, -0.1) is 11.3 Å². The van der Waals surface area contributed by atoms with E-state index in [9.17, 15) is 14.7 Å². The third-order valence-corrected chi connectivity index (χ3v) is 9.34. The number of ether oxygens (including phenoxy) is 1. The number of aliphatic hydroxyl groups is 1. The molecule has 0 fully saturated rings. The van der Waals surface area contributed by atoms with Gasteiger partial charge in [0.25, 0.3) is 5.91 Å². The van der Waals surface area contributed by atoms with Gasteiger partial charge in [0, 0.05) is 10.3 Å². The summed E-state index contributed by atoms with van der Waals surface area (Å²) in [5.41, 5.74) is 2.73. The molecule has 200 valence electrons. The predicted octanol–water partition coefficient (Wildman–Crippen LogP) is 6.44. The number of methoxy groups -OCH3 is 1. The van der Waals surface area contributed by atoms with Gasteiger partial charge in [0.2, 0.25) is 0 Å². The molecule has 0 aliphatic heterocycles. The van der Waals surface area contributed by atoms with Crippen LogP contribution in [-0.4, -0.2) is 35.7 Å². The largest absolute Gasteiger partial charge is 0.467 e. The van der Waals surface area contributed by atoms with Crippen molar-refractivity contribution in [1.29, 1.82) is 0 Å². The van der Waals surface area contributed by atoms with Crippen molar-refractivity contribution >= 4 is 23.2 Å². The molecule has 1 heterocycles. The normalized spacial score (nSPS) is 14.7. The van der Waals surface area contributed by atoms with E-state index in [2.05, 4.69) is 71.1 Å². The van der Waals surface area contributed by atoms with Crippen molar-refractivity contribution < 1.29 is 19.4 Å². The van der Waals surface area contributed by atoms with Gasteiger partial charge in [-0.3, -0.25) is 4.79 Å². The molecule has 2 N–H and O–H groups in total. The summed E-state index contributed by atoms with van der Waals surface area (Å²) >= 11 is 1.49. The average Bonchev–Trinajstić information content (AvgIpc) is 3.33. The Kier molecular flexibility index (Phi) is 9.94. The quantitative estimate of drug-likeness (QED) is 0.338. The molecule has 2 atom stereocenters. The summed E-state index contributed by atoms with van der Waals surface area (Å²) < 4.78 is 4.72.